The minimum Gasteiger partial charge on any atom is -0.344 e. The summed E-state index contributed by atoms with van der Waals surface area (Å²) in [6, 6.07) is 7.77. The minimum atomic E-state index is -0.201. The van der Waals surface area contributed by atoms with Crippen LogP contribution in [-0.2, 0) is 11.3 Å². The van der Waals surface area contributed by atoms with Crippen molar-refractivity contribution in [1.29, 1.82) is 0 Å². The molecule has 7 nitrogen and oxygen atoms in total. The zero-order valence-corrected chi connectivity index (χ0v) is 16.3. The van der Waals surface area contributed by atoms with E-state index in [0.717, 1.165) is 6.54 Å². The summed E-state index contributed by atoms with van der Waals surface area (Å²) < 4.78 is 1.28. The summed E-state index contributed by atoms with van der Waals surface area (Å²) >= 11 is 0. The van der Waals surface area contributed by atoms with Crippen LogP contribution in [0.1, 0.15) is 38.5 Å². The van der Waals surface area contributed by atoms with Crippen LogP contribution < -0.4 is 5.56 Å². The van der Waals surface area contributed by atoms with Gasteiger partial charge in [-0.15, -0.1) is 5.10 Å². The highest BCUT2D eigenvalue weighted by molar-refractivity contribution is 5.77. The number of hydrogen-bond donors (Lipinski definition) is 0. The summed E-state index contributed by atoms with van der Waals surface area (Å²) in [6.07, 6.45) is 6.74. The van der Waals surface area contributed by atoms with Crippen molar-refractivity contribution < 1.29 is 4.79 Å². The highest BCUT2D eigenvalue weighted by atomic mass is 16.2. The van der Waals surface area contributed by atoms with E-state index in [4.69, 9.17) is 0 Å². The second-order valence-electron chi connectivity index (χ2n) is 7.47. The Labute approximate surface area is 160 Å². The molecule has 1 saturated carbocycles. The van der Waals surface area contributed by atoms with Crippen molar-refractivity contribution in [2.75, 3.05) is 27.2 Å². The molecule has 0 spiro atoms. The first kappa shape index (κ1) is 19.5. The summed E-state index contributed by atoms with van der Waals surface area (Å²) in [5.41, 5.74) is 0.376. The highest BCUT2D eigenvalue weighted by Gasteiger charge is 2.19. The molecule has 0 bridgehead atoms. The van der Waals surface area contributed by atoms with E-state index in [0.29, 0.717) is 23.5 Å². The van der Waals surface area contributed by atoms with Crippen molar-refractivity contribution in [2.45, 2.75) is 51.1 Å². The lowest BCUT2D eigenvalue weighted by molar-refractivity contribution is -0.130. The molecule has 1 aliphatic rings. The van der Waals surface area contributed by atoms with Crippen LogP contribution in [-0.4, -0.2) is 63.9 Å². The molecule has 2 aromatic rings. The van der Waals surface area contributed by atoms with Crippen molar-refractivity contribution in [3.63, 3.8) is 0 Å². The molecule has 3 rings (SSSR count). The fourth-order valence-electron chi connectivity index (χ4n) is 3.70. The molecule has 1 fully saturated rings. The van der Waals surface area contributed by atoms with Gasteiger partial charge < -0.3 is 9.80 Å². The van der Waals surface area contributed by atoms with E-state index in [1.807, 2.05) is 13.1 Å². The number of aromatic nitrogens is 3. The molecule has 1 aromatic heterocycles. The second-order valence-corrected chi connectivity index (χ2v) is 7.47. The largest absolute Gasteiger partial charge is 0.344 e. The number of nitrogens with zero attached hydrogens (tertiary/aromatic N) is 5. The van der Waals surface area contributed by atoms with Gasteiger partial charge in [-0.05, 0) is 32.0 Å². The Hall–Kier alpha value is -2.28. The molecule has 1 heterocycles. The number of hydrogen-bond acceptors (Lipinski definition) is 5. The van der Waals surface area contributed by atoms with Crippen LogP contribution in [0.4, 0.5) is 0 Å². The van der Waals surface area contributed by atoms with E-state index in [2.05, 4.69) is 22.3 Å². The lowest BCUT2D eigenvalue weighted by Gasteiger charge is -2.32. The zero-order valence-electron chi connectivity index (χ0n) is 16.3. The zero-order chi connectivity index (χ0) is 19.2. The van der Waals surface area contributed by atoms with E-state index in [9.17, 15) is 9.59 Å². The molecule has 27 heavy (non-hydrogen) atoms. The lowest BCUT2D eigenvalue weighted by Crippen LogP contribution is -2.40. The lowest BCUT2D eigenvalue weighted by atomic mass is 9.94. The Morgan fingerprint density at radius 3 is 2.67 bits per heavy atom. The third kappa shape index (κ3) is 4.91. The minimum absolute atomic E-state index is 0.0221. The van der Waals surface area contributed by atoms with Crippen molar-refractivity contribution >= 4 is 16.8 Å². The van der Waals surface area contributed by atoms with Gasteiger partial charge in [-0.1, -0.05) is 36.6 Å². The van der Waals surface area contributed by atoms with Gasteiger partial charge in [0, 0.05) is 32.6 Å². The van der Waals surface area contributed by atoms with Gasteiger partial charge in [0.1, 0.15) is 5.52 Å². The number of rotatable bonds is 7. The quantitative estimate of drug-likeness (QED) is 0.743. The first-order valence-corrected chi connectivity index (χ1v) is 9.83. The first-order valence-electron chi connectivity index (χ1n) is 9.83. The Kier molecular flexibility index (Phi) is 6.55. The molecular formula is C20H29N5O2. The van der Waals surface area contributed by atoms with E-state index < -0.39 is 0 Å². The van der Waals surface area contributed by atoms with Gasteiger partial charge in [-0.25, -0.2) is 4.68 Å². The maximum Gasteiger partial charge on any atom is 0.277 e. The third-order valence-corrected chi connectivity index (χ3v) is 5.58. The molecule has 0 aliphatic heterocycles. The average molecular weight is 371 g/mol. The fraction of sp³-hybridized carbons (Fsp3) is 0.600. The average Bonchev–Trinajstić information content (AvgIpc) is 2.71. The van der Waals surface area contributed by atoms with Crippen LogP contribution in [0.25, 0.3) is 10.9 Å². The van der Waals surface area contributed by atoms with Gasteiger partial charge in [0.15, 0.2) is 0 Å². The van der Waals surface area contributed by atoms with Gasteiger partial charge in [-0.2, -0.15) is 0 Å². The number of benzene rings is 1. The fourth-order valence-corrected chi connectivity index (χ4v) is 3.70. The number of likely N-dealkylation sites (N-methyl/N-ethyl adjacent to an activating group) is 2. The summed E-state index contributed by atoms with van der Waals surface area (Å²) in [5, 5.41) is 8.54. The van der Waals surface area contributed by atoms with Gasteiger partial charge >= 0.3 is 0 Å². The number of aryl methyl sites for hydroxylation is 1. The van der Waals surface area contributed by atoms with Gasteiger partial charge in [0.25, 0.3) is 5.56 Å². The number of fused-ring (bicyclic) bond motifs is 1. The SMILES string of the molecule is CN(CCN(C)C1CCCCC1)C(=O)CCn1nnc2ccccc2c1=O. The first-order chi connectivity index (χ1) is 13.1. The predicted octanol–water partition coefficient (Wildman–Crippen LogP) is 1.90. The Balaban J connectivity index is 1.50. The summed E-state index contributed by atoms with van der Waals surface area (Å²) in [4.78, 5) is 29.0. The smallest absolute Gasteiger partial charge is 0.277 e. The monoisotopic (exact) mass is 371 g/mol. The molecule has 0 unspecified atom stereocenters. The molecule has 0 N–H and O–H groups in total. The molecule has 1 amide bonds. The van der Waals surface area contributed by atoms with Crippen molar-refractivity contribution in [2.24, 2.45) is 0 Å². The van der Waals surface area contributed by atoms with Gasteiger partial charge in [0.05, 0.1) is 11.9 Å². The van der Waals surface area contributed by atoms with Crippen molar-refractivity contribution in [1.82, 2.24) is 24.8 Å². The number of carbonyl (C=O) groups excluding carboxylic acids is 1. The Morgan fingerprint density at radius 1 is 1.15 bits per heavy atom. The maximum atomic E-state index is 12.4. The van der Waals surface area contributed by atoms with Crippen LogP contribution >= 0.6 is 0 Å². The topological polar surface area (TPSA) is 71.3 Å². The van der Waals surface area contributed by atoms with E-state index in [1.54, 1.807) is 23.1 Å². The maximum absolute atomic E-state index is 12.4. The third-order valence-electron chi connectivity index (χ3n) is 5.58. The van der Waals surface area contributed by atoms with E-state index >= 15 is 0 Å². The van der Waals surface area contributed by atoms with Crippen LogP contribution in [0, 0.1) is 0 Å². The molecule has 0 atom stereocenters. The van der Waals surface area contributed by atoms with Crippen LogP contribution in [0.5, 0.6) is 0 Å². The second kappa shape index (κ2) is 9.08. The summed E-state index contributed by atoms with van der Waals surface area (Å²) in [5.74, 6) is 0.0221. The molecule has 0 saturated heterocycles. The molecular weight excluding hydrogens is 342 g/mol. The Bertz CT molecular complexity index is 828. The van der Waals surface area contributed by atoms with Crippen molar-refractivity contribution in [3.05, 3.63) is 34.6 Å². The van der Waals surface area contributed by atoms with Crippen molar-refractivity contribution in [3.8, 4) is 0 Å². The van der Waals surface area contributed by atoms with Crippen LogP contribution in [0.2, 0.25) is 0 Å². The number of amides is 1. The summed E-state index contributed by atoms with van der Waals surface area (Å²) in [6.45, 7) is 1.82. The van der Waals surface area contributed by atoms with Gasteiger partial charge in [0.2, 0.25) is 5.91 Å². The Morgan fingerprint density at radius 2 is 1.89 bits per heavy atom. The molecule has 0 radical (unpaired) electrons. The van der Waals surface area contributed by atoms with Crippen LogP contribution in [0.15, 0.2) is 29.1 Å². The van der Waals surface area contributed by atoms with Gasteiger partial charge in [-0.3, -0.25) is 9.59 Å². The van der Waals surface area contributed by atoms with E-state index in [1.165, 1.54) is 36.8 Å². The molecule has 7 heteroatoms. The standard InChI is InChI=1S/C20H29N5O2/c1-23(16-8-4-3-5-9-16)14-15-24(2)19(26)12-13-25-20(27)17-10-6-7-11-18(17)21-22-25/h6-7,10-11,16H,3-5,8-9,12-15H2,1-2H3. The van der Waals surface area contributed by atoms with Crippen LogP contribution in [0.3, 0.4) is 0 Å². The highest BCUT2D eigenvalue weighted by Crippen LogP contribution is 2.21. The normalized spacial score (nSPS) is 15.4. The molecule has 1 aromatic carbocycles. The number of carbonyl (C=O) groups is 1. The van der Waals surface area contributed by atoms with E-state index in [-0.39, 0.29) is 24.4 Å². The predicted molar refractivity (Wildman–Crippen MR) is 106 cm³/mol. The molecule has 1 aliphatic carbocycles. The summed E-state index contributed by atoms with van der Waals surface area (Å²) in [7, 11) is 3.98. The molecule has 146 valence electrons.